The number of anilines is 1. The Morgan fingerprint density at radius 3 is 2.50 bits per heavy atom. The predicted molar refractivity (Wildman–Crippen MR) is 109 cm³/mol. The average Bonchev–Trinajstić information content (AvgIpc) is 2.75. The zero-order valence-electron chi connectivity index (χ0n) is 16.5. The Balaban J connectivity index is 1.63. The number of nitrogens with one attached hydrogen (secondary N) is 1. The van der Waals surface area contributed by atoms with Crippen LogP contribution in [0.1, 0.15) is 18.4 Å². The van der Waals surface area contributed by atoms with Crippen molar-refractivity contribution >= 4 is 21.6 Å². The highest BCUT2D eigenvalue weighted by molar-refractivity contribution is 7.89. The summed E-state index contributed by atoms with van der Waals surface area (Å²) in [6, 6.07) is 12.5. The number of rotatable bonds is 6. The molecule has 158 valence electrons. The SMILES string of the molecule is COc1ccc(F)cc1S(=O)(=O)N1CCC(C(=O)Nc2ccc(CC#N)cc2)CC1. The van der Waals surface area contributed by atoms with E-state index in [-0.39, 0.29) is 35.6 Å². The van der Waals surface area contributed by atoms with Crippen LogP contribution in [0.4, 0.5) is 10.1 Å². The molecular weight excluding hydrogens is 409 g/mol. The summed E-state index contributed by atoms with van der Waals surface area (Å²) in [6.07, 6.45) is 1.02. The lowest BCUT2D eigenvalue weighted by Crippen LogP contribution is -2.41. The minimum atomic E-state index is -3.94. The number of hydrogen-bond donors (Lipinski definition) is 1. The number of ether oxygens (including phenoxy) is 1. The van der Waals surface area contributed by atoms with Crippen molar-refractivity contribution in [3.8, 4) is 11.8 Å². The van der Waals surface area contributed by atoms with E-state index in [1.54, 1.807) is 24.3 Å². The summed E-state index contributed by atoms with van der Waals surface area (Å²) < 4.78 is 45.8. The molecule has 0 aliphatic carbocycles. The number of methoxy groups -OCH3 is 1. The summed E-state index contributed by atoms with van der Waals surface area (Å²) in [6.45, 7) is 0.308. The molecule has 1 fully saturated rings. The van der Waals surface area contributed by atoms with Gasteiger partial charge in [0.05, 0.1) is 19.6 Å². The summed E-state index contributed by atoms with van der Waals surface area (Å²) in [5.41, 5.74) is 1.49. The molecule has 0 bridgehead atoms. The Morgan fingerprint density at radius 1 is 1.23 bits per heavy atom. The minimum Gasteiger partial charge on any atom is -0.495 e. The summed E-state index contributed by atoms with van der Waals surface area (Å²) in [5, 5.41) is 11.5. The Labute approximate surface area is 175 Å². The molecule has 2 aromatic rings. The maximum atomic E-state index is 13.6. The van der Waals surface area contributed by atoms with Crippen LogP contribution in [0.2, 0.25) is 0 Å². The second-order valence-electron chi connectivity index (χ2n) is 6.99. The Hall–Kier alpha value is -2.96. The van der Waals surface area contributed by atoms with E-state index in [1.165, 1.54) is 17.5 Å². The first-order valence-corrected chi connectivity index (χ1v) is 10.9. The molecule has 0 unspecified atom stereocenters. The average molecular weight is 431 g/mol. The van der Waals surface area contributed by atoms with Gasteiger partial charge in [-0.15, -0.1) is 0 Å². The van der Waals surface area contributed by atoms with Gasteiger partial charge < -0.3 is 10.1 Å². The monoisotopic (exact) mass is 431 g/mol. The van der Waals surface area contributed by atoms with Gasteiger partial charge in [-0.05, 0) is 48.7 Å². The van der Waals surface area contributed by atoms with Crippen LogP contribution in [-0.2, 0) is 21.2 Å². The highest BCUT2D eigenvalue weighted by Crippen LogP contribution is 2.30. The third-order valence-electron chi connectivity index (χ3n) is 5.07. The Bertz CT molecular complexity index is 1060. The van der Waals surface area contributed by atoms with E-state index in [1.807, 2.05) is 0 Å². The summed E-state index contributed by atoms with van der Waals surface area (Å²) >= 11 is 0. The molecule has 1 amide bonds. The standard InChI is InChI=1S/C21H22FN3O4S/c1-29-19-7-4-17(22)14-20(19)30(27,28)25-12-9-16(10-13-25)21(26)24-18-5-2-15(3-6-18)8-11-23/h2-7,14,16H,8-10,12-13H2,1H3,(H,24,26). The molecule has 2 aromatic carbocycles. The number of benzene rings is 2. The van der Waals surface area contributed by atoms with Crippen LogP contribution in [0, 0.1) is 23.1 Å². The summed E-state index contributed by atoms with van der Waals surface area (Å²) in [7, 11) is -2.61. The quantitative estimate of drug-likeness (QED) is 0.758. The molecule has 1 aliphatic heterocycles. The molecule has 1 N–H and O–H groups in total. The number of amides is 1. The molecule has 0 spiro atoms. The number of carbonyl (C=O) groups is 1. The molecule has 1 aliphatic rings. The van der Waals surface area contributed by atoms with E-state index in [9.17, 15) is 17.6 Å². The van der Waals surface area contributed by atoms with Gasteiger partial charge >= 0.3 is 0 Å². The zero-order valence-corrected chi connectivity index (χ0v) is 17.3. The van der Waals surface area contributed by atoms with Gasteiger partial charge in [0.1, 0.15) is 16.5 Å². The highest BCUT2D eigenvalue weighted by Gasteiger charge is 2.34. The molecule has 3 rings (SSSR count). The first kappa shape index (κ1) is 21.7. The van der Waals surface area contributed by atoms with Crippen molar-refractivity contribution in [3.05, 3.63) is 53.8 Å². The van der Waals surface area contributed by atoms with Crippen LogP contribution in [0.25, 0.3) is 0 Å². The van der Waals surface area contributed by atoms with E-state index in [0.717, 1.165) is 17.7 Å². The molecular formula is C21H22FN3O4S. The van der Waals surface area contributed by atoms with Gasteiger partial charge in [0.15, 0.2) is 0 Å². The van der Waals surface area contributed by atoms with Crippen LogP contribution in [0.15, 0.2) is 47.4 Å². The number of piperidine rings is 1. The van der Waals surface area contributed by atoms with Crippen molar-refractivity contribution in [2.45, 2.75) is 24.2 Å². The smallest absolute Gasteiger partial charge is 0.246 e. The van der Waals surface area contributed by atoms with Crippen molar-refractivity contribution < 1.29 is 22.3 Å². The van der Waals surface area contributed by atoms with Gasteiger partial charge in [-0.3, -0.25) is 4.79 Å². The van der Waals surface area contributed by atoms with Crippen LogP contribution < -0.4 is 10.1 Å². The van der Waals surface area contributed by atoms with E-state index < -0.39 is 15.8 Å². The van der Waals surface area contributed by atoms with Gasteiger partial charge in [0, 0.05) is 24.7 Å². The number of halogens is 1. The first-order chi connectivity index (χ1) is 14.3. The van der Waals surface area contributed by atoms with Crippen molar-refractivity contribution in [1.82, 2.24) is 4.31 Å². The van der Waals surface area contributed by atoms with Crippen LogP contribution >= 0.6 is 0 Å². The lowest BCUT2D eigenvalue weighted by Gasteiger charge is -2.30. The van der Waals surface area contributed by atoms with E-state index >= 15 is 0 Å². The van der Waals surface area contributed by atoms with Gasteiger partial charge in [-0.25, -0.2) is 12.8 Å². The van der Waals surface area contributed by atoms with Gasteiger partial charge in [-0.1, -0.05) is 12.1 Å². The molecule has 7 nitrogen and oxygen atoms in total. The third kappa shape index (κ3) is 4.78. The maximum Gasteiger partial charge on any atom is 0.246 e. The van der Waals surface area contributed by atoms with Gasteiger partial charge in [0.2, 0.25) is 15.9 Å². The summed E-state index contributed by atoms with van der Waals surface area (Å²) in [4.78, 5) is 12.3. The van der Waals surface area contributed by atoms with Gasteiger partial charge in [0.25, 0.3) is 0 Å². The van der Waals surface area contributed by atoms with Crippen LogP contribution in [0.5, 0.6) is 5.75 Å². The fourth-order valence-electron chi connectivity index (χ4n) is 3.39. The first-order valence-electron chi connectivity index (χ1n) is 9.45. The molecule has 1 heterocycles. The van der Waals surface area contributed by atoms with Crippen molar-refractivity contribution in [3.63, 3.8) is 0 Å². The molecule has 1 saturated heterocycles. The van der Waals surface area contributed by atoms with Crippen LogP contribution in [-0.4, -0.2) is 38.8 Å². The van der Waals surface area contributed by atoms with E-state index in [2.05, 4.69) is 11.4 Å². The Kier molecular flexibility index (Phi) is 6.70. The van der Waals surface area contributed by atoms with Crippen molar-refractivity contribution in [1.29, 1.82) is 5.26 Å². The van der Waals surface area contributed by atoms with Crippen molar-refractivity contribution in [2.75, 3.05) is 25.5 Å². The minimum absolute atomic E-state index is 0.0797. The molecule has 30 heavy (non-hydrogen) atoms. The molecule has 0 saturated carbocycles. The fourth-order valence-corrected chi connectivity index (χ4v) is 5.03. The topological polar surface area (TPSA) is 99.5 Å². The van der Waals surface area contributed by atoms with Crippen molar-refractivity contribution in [2.24, 2.45) is 5.92 Å². The third-order valence-corrected chi connectivity index (χ3v) is 6.99. The highest BCUT2D eigenvalue weighted by atomic mass is 32.2. The number of sulfonamides is 1. The molecule has 9 heteroatoms. The largest absolute Gasteiger partial charge is 0.495 e. The van der Waals surface area contributed by atoms with E-state index in [4.69, 9.17) is 10.00 Å². The normalized spacial score (nSPS) is 15.4. The molecule has 0 radical (unpaired) electrons. The zero-order chi connectivity index (χ0) is 21.7. The maximum absolute atomic E-state index is 13.6. The summed E-state index contributed by atoms with van der Waals surface area (Å²) in [5.74, 6) is -1.09. The number of hydrogen-bond acceptors (Lipinski definition) is 5. The van der Waals surface area contributed by atoms with Gasteiger partial charge in [-0.2, -0.15) is 9.57 Å². The van der Waals surface area contributed by atoms with Crippen LogP contribution in [0.3, 0.4) is 0 Å². The van der Waals surface area contributed by atoms with E-state index in [0.29, 0.717) is 24.9 Å². The lowest BCUT2D eigenvalue weighted by molar-refractivity contribution is -0.120. The second-order valence-corrected chi connectivity index (χ2v) is 8.90. The Morgan fingerprint density at radius 2 is 1.90 bits per heavy atom. The number of nitrogens with zero attached hydrogens (tertiary/aromatic N) is 2. The number of carbonyl (C=O) groups excluding carboxylic acids is 1. The molecule has 0 atom stereocenters. The number of nitriles is 1. The lowest BCUT2D eigenvalue weighted by atomic mass is 9.97. The molecule has 0 aromatic heterocycles. The second kappa shape index (κ2) is 9.24. The predicted octanol–water partition coefficient (Wildman–Crippen LogP) is 2.94. The fraction of sp³-hybridized carbons (Fsp3) is 0.333.